The van der Waals surface area contributed by atoms with E-state index in [1.165, 1.54) is 25.7 Å². The average Bonchev–Trinajstić information content (AvgIpc) is 2.82. The molecule has 0 aromatic rings. The van der Waals surface area contributed by atoms with Crippen molar-refractivity contribution in [3.63, 3.8) is 0 Å². The van der Waals surface area contributed by atoms with Crippen LogP contribution in [-0.4, -0.2) is 18.0 Å². The Bertz CT molecular complexity index is 267. The van der Waals surface area contributed by atoms with Gasteiger partial charge in [0.05, 0.1) is 0 Å². The lowest BCUT2D eigenvalue weighted by Crippen LogP contribution is -2.43. The number of nitrogens with two attached hydrogens (primary N) is 1. The molecule has 106 valence electrons. The largest absolute Gasteiger partial charge is 0.353 e. The van der Waals surface area contributed by atoms with E-state index in [1.807, 2.05) is 0 Å². The summed E-state index contributed by atoms with van der Waals surface area (Å²) in [5, 5.41) is 3.22. The highest BCUT2D eigenvalue weighted by molar-refractivity contribution is 5.85. The number of hydrogen-bond acceptors (Lipinski definition) is 2. The molecular formula is C14H27ClN2O. The Morgan fingerprint density at radius 1 is 1.17 bits per heavy atom. The zero-order valence-corrected chi connectivity index (χ0v) is 12.2. The van der Waals surface area contributed by atoms with E-state index in [-0.39, 0.29) is 30.3 Å². The second-order valence-electron chi connectivity index (χ2n) is 5.97. The van der Waals surface area contributed by atoms with E-state index in [9.17, 15) is 4.79 Å². The highest BCUT2D eigenvalue weighted by atomic mass is 35.5. The van der Waals surface area contributed by atoms with Crippen LogP contribution in [0.2, 0.25) is 0 Å². The van der Waals surface area contributed by atoms with Crippen LogP contribution in [0.15, 0.2) is 0 Å². The molecule has 18 heavy (non-hydrogen) atoms. The predicted molar refractivity (Wildman–Crippen MR) is 76.7 cm³/mol. The number of hydrogen-bond donors (Lipinski definition) is 2. The highest BCUT2D eigenvalue weighted by Gasteiger charge is 2.28. The van der Waals surface area contributed by atoms with Crippen molar-refractivity contribution in [1.29, 1.82) is 0 Å². The third kappa shape index (κ3) is 4.13. The van der Waals surface area contributed by atoms with Crippen molar-refractivity contribution in [3.8, 4) is 0 Å². The van der Waals surface area contributed by atoms with Gasteiger partial charge in [-0.25, -0.2) is 0 Å². The fourth-order valence-electron chi connectivity index (χ4n) is 3.38. The van der Waals surface area contributed by atoms with Crippen LogP contribution in [0.4, 0.5) is 0 Å². The second-order valence-corrected chi connectivity index (χ2v) is 5.97. The quantitative estimate of drug-likeness (QED) is 0.831. The van der Waals surface area contributed by atoms with Crippen LogP contribution < -0.4 is 11.1 Å². The van der Waals surface area contributed by atoms with E-state index in [0.717, 1.165) is 25.7 Å². The van der Waals surface area contributed by atoms with Gasteiger partial charge in [0.25, 0.3) is 0 Å². The predicted octanol–water partition coefficient (Wildman–Crippen LogP) is 2.62. The van der Waals surface area contributed by atoms with Gasteiger partial charge in [0.2, 0.25) is 5.91 Å². The van der Waals surface area contributed by atoms with Crippen LogP contribution >= 0.6 is 12.4 Å². The van der Waals surface area contributed by atoms with Crippen molar-refractivity contribution in [2.75, 3.05) is 0 Å². The third-order valence-corrected chi connectivity index (χ3v) is 4.56. The molecule has 3 atom stereocenters. The molecular weight excluding hydrogens is 248 g/mol. The van der Waals surface area contributed by atoms with Crippen LogP contribution in [0.3, 0.4) is 0 Å². The Morgan fingerprint density at radius 3 is 2.44 bits per heavy atom. The van der Waals surface area contributed by atoms with Gasteiger partial charge in [-0.3, -0.25) is 4.79 Å². The zero-order valence-electron chi connectivity index (χ0n) is 11.4. The van der Waals surface area contributed by atoms with Gasteiger partial charge in [-0.05, 0) is 44.9 Å². The van der Waals surface area contributed by atoms with Gasteiger partial charge in [0.1, 0.15) is 0 Å². The number of nitrogens with one attached hydrogen (secondary N) is 1. The maximum absolute atomic E-state index is 12.1. The number of carbonyl (C=O) groups is 1. The summed E-state index contributed by atoms with van der Waals surface area (Å²) in [5.74, 6) is 1.12. The minimum atomic E-state index is 0. The molecule has 0 bridgehead atoms. The second kappa shape index (κ2) is 7.34. The van der Waals surface area contributed by atoms with Crippen molar-refractivity contribution in [2.45, 2.75) is 70.4 Å². The molecule has 2 aliphatic rings. The van der Waals surface area contributed by atoms with Gasteiger partial charge in [0.15, 0.2) is 0 Å². The molecule has 2 saturated carbocycles. The summed E-state index contributed by atoms with van der Waals surface area (Å²) in [5.41, 5.74) is 5.94. The molecule has 3 N–H and O–H groups in total. The first kappa shape index (κ1) is 15.8. The summed E-state index contributed by atoms with van der Waals surface area (Å²) < 4.78 is 0. The lowest BCUT2D eigenvalue weighted by Gasteiger charge is -2.28. The Morgan fingerprint density at radius 2 is 1.83 bits per heavy atom. The van der Waals surface area contributed by atoms with Crippen LogP contribution in [-0.2, 0) is 4.79 Å². The van der Waals surface area contributed by atoms with Gasteiger partial charge in [-0.2, -0.15) is 0 Å². The fourth-order valence-corrected chi connectivity index (χ4v) is 3.38. The molecule has 3 nitrogen and oxygen atoms in total. The van der Waals surface area contributed by atoms with Crippen LogP contribution in [0.25, 0.3) is 0 Å². The van der Waals surface area contributed by atoms with Crippen molar-refractivity contribution in [1.82, 2.24) is 5.32 Å². The summed E-state index contributed by atoms with van der Waals surface area (Å²) in [6, 6.07) is 0.587. The Balaban J connectivity index is 0.00000162. The van der Waals surface area contributed by atoms with E-state index in [4.69, 9.17) is 5.73 Å². The van der Waals surface area contributed by atoms with E-state index in [1.54, 1.807) is 0 Å². The molecule has 0 aliphatic heterocycles. The van der Waals surface area contributed by atoms with Crippen LogP contribution in [0, 0.1) is 11.8 Å². The summed E-state index contributed by atoms with van der Waals surface area (Å²) in [6.45, 7) is 2.16. The number of carbonyl (C=O) groups excluding carboxylic acids is 1. The summed E-state index contributed by atoms with van der Waals surface area (Å²) in [4.78, 5) is 12.1. The Labute approximate surface area is 117 Å². The SMILES string of the molecule is CC(NC(=O)C1CCCC(N)C1)C1CCCC1.Cl. The summed E-state index contributed by atoms with van der Waals surface area (Å²) >= 11 is 0. The summed E-state index contributed by atoms with van der Waals surface area (Å²) in [7, 11) is 0. The van der Waals surface area contributed by atoms with Gasteiger partial charge >= 0.3 is 0 Å². The molecule has 0 heterocycles. The summed E-state index contributed by atoms with van der Waals surface area (Å²) in [6.07, 6.45) is 9.33. The van der Waals surface area contributed by atoms with E-state index in [2.05, 4.69) is 12.2 Å². The molecule has 0 aromatic carbocycles. The van der Waals surface area contributed by atoms with E-state index >= 15 is 0 Å². The molecule has 3 unspecified atom stereocenters. The maximum atomic E-state index is 12.1. The average molecular weight is 275 g/mol. The van der Waals surface area contributed by atoms with E-state index in [0.29, 0.717) is 12.0 Å². The molecule has 2 fully saturated rings. The van der Waals surface area contributed by atoms with Gasteiger partial charge in [-0.15, -0.1) is 12.4 Å². The lowest BCUT2D eigenvalue weighted by molar-refractivity contribution is -0.127. The molecule has 0 saturated heterocycles. The Kier molecular flexibility index (Phi) is 6.44. The fraction of sp³-hybridized carbons (Fsp3) is 0.929. The number of amides is 1. The molecule has 0 radical (unpaired) electrons. The normalized spacial score (nSPS) is 30.6. The number of rotatable bonds is 3. The van der Waals surface area contributed by atoms with Crippen molar-refractivity contribution < 1.29 is 4.79 Å². The van der Waals surface area contributed by atoms with Gasteiger partial charge in [0, 0.05) is 18.0 Å². The molecule has 0 spiro atoms. The molecule has 0 aromatic heterocycles. The van der Waals surface area contributed by atoms with Crippen molar-refractivity contribution >= 4 is 18.3 Å². The first-order valence-corrected chi connectivity index (χ1v) is 7.22. The van der Waals surface area contributed by atoms with Gasteiger partial charge in [-0.1, -0.05) is 19.3 Å². The Hall–Kier alpha value is -0.280. The minimum absolute atomic E-state index is 0. The number of halogens is 1. The topological polar surface area (TPSA) is 55.1 Å². The standard InChI is InChI=1S/C14H26N2O.ClH/c1-10(11-5-2-3-6-11)16-14(17)12-7-4-8-13(15)9-12;/h10-13H,2-9,15H2,1H3,(H,16,17);1H. The lowest BCUT2D eigenvalue weighted by atomic mass is 9.85. The third-order valence-electron chi connectivity index (χ3n) is 4.56. The van der Waals surface area contributed by atoms with Crippen molar-refractivity contribution in [2.24, 2.45) is 17.6 Å². The molecule has 4 heteroatoms. The monoisotopic (exact) mass is 274 g/mol. The maximum Gasteiger partial charge on any atom is 0.223 e. The minimum Gasteiger partial charge on any atom is -0.353 e. The first-order valence-electron chi connectivity index (χ1n) is 7.22. The van der Waals surface area contributed by atoms with E-state index < -0.39 is 0 Å². The van der Waals surface area contributed by atoms with Crippen LogP contribution in [0.1, 0.15) is 58.3 Å². The first-order chi connectivity index (χ1) is 8.16. The smallest absolute Gasteiger partial charge is 0.223 e. The van der Waals surface area contributed by atoms with Crippen LogP contribution in [0.5, 0.6) is 0 Å². The van der Waals surface area contributed by atoms with Crippen molar-refractivity contribution in [3.05, 3.63) is 0 Å². The molecule has 2 aliphatic carbocycles. The highest BCUT2D eigenvalue weighted by Crippen LogP contribution is 2.28. The van der Waals surface area contributed by atoms with Gasteiger partial charge < -0.3 is 11.1 Å². The molecule has 2 rings (SSSR count). The zero-order chi connectivity index (χ0) is 12.3. The molecule has 1 amide bonds.